The Hall–Kier alpha value is -3.82. The molecular formula is C19H14F3N3O4. The number of hydrogen-bond acceptors (Lipinski definition) is 4. The molecule has 0 saturated heterocycles. The molecule has 0 unspecified atom stereocenters. The van der Waals surface area contributed by atoms with E-state index in [-0.39, 0.29) is 16.9 Å². The first-order valence-corrected chi connectivity index (χ1v) is 8.28. The van der Waals surface area contributed by atoms with Gasteiger partial charge in [-0.05, 0) is 18.2 Å². The van der Waals surface area contributed by atoms with Crippen LogP contribution < -0.4 is 5.32 Å². The van der Waals surface area contributed by atoms with Crippen molar-refractivity contribution in [2.24, 2.45) is 0 Å². The molecule has 0 radical (unpaired) electrons. The average Bonchev–Trinajstić information content (AvgIpc) is 3.03. The second-order valence-electron chi connectivity index (χ2n) is 6.04. The summed E-state index contributed by atoms with van der Waals surface area (Å²) in [6, 6.07) is 7.59. The molecule has 0 fully saturated rings. The third-order valence-corrected chi connectivity index (χ3v) is 4.03. The predicted molar refractivity (Wildman–Crippen MR) is 94.0 cm³/mol. The lowest BCUT2D eigenvalue weighted by atomic mass is 10.0. The largest absolute Gasteiger partial charge is 0.493 e. The van der Waals surface area contributed by atoms with Crippen LogP contribution in [0.4, 0.5) is 13.2 Å². The maximum atomic E-state index is 14.0. The summed E-state index contributed by atoms with van der Waals surface area (Å²) < 4.78 is 41.7. The van der Waals surface area contributed by atoms with E-state index in [4.69, 9.17) is 5.11 Å². The minimum Gasteiger partial charge on any atom is -0.493 e. The van der Waals surface area contributed by atoms with Gasteiger partial charge >= 0.3 is 5.97 Å². The molecule has 0 spiro atoms. The highest BCUT2D eigenvalue weighted by Gasteiger charge is 2.24. The number of rotatable bonds is 6. The Morgan fingerprint density at radius 3 is 2.45 bits per heavy atom. The number of halogens is 3. The van der Waals surface area contributed by atoms with Gasteiger partial charge in [-0.15, -0.1) is 0 Å². The summed E-state index contributed by atoms with van der Waals surface area (Å²) in [5.74, 6) is -5.37. The van der Waals surface area contributed by atoms with Crippen LogP contribution in [-0.4, -0.2) is 31.9 Å². The maximum Gasteiger partial charge on any atom is 0.305 e. The van der Waals surface area contributed by atoms with Crippen LogP contribution in [0.15, 0.2) is 48.5 Å². The molecule has 10 heteroatoms. The number of aliphatic carboxylic acids is 1. The summed E-state index contributed by atoms with van der Waals surface area (Å²) in [6.45, 7) is 0. The molecule has 150 valence electrons. The number of amides is 1. The van der Waals surface area contributed by atoms with Crippen LogP contribution >= 0.6 is 0 Å². The highest BCUT2D eigenvalue weighted by Crippen LogP contribution is 2.23. The zero-order chi connectivity index (χ0) is 21.1. The number of carboxylic acid groups (broad SMARTS) is 1. The smallest absolute Gasteiger partial charge is 0.305 e. The Balaban J connectivity index is 1.89. The Morgan fingerprint density at radius 2 is 1.79 bits per heavy atom. The number of hydrogen-bond donors (Lipinski definition) is 3. The molecular weight excluding hydrogens is 391 g/mol. The van der Waals surface area contributed by atoms with Gasteiger partial charge in [-0.2, -0.15) is 9.78 Å². The summed E-state index contributed by atoms with van der Waals surface area (Å²) in [5, 5.41) is 25.1. The summed E-state index contributed by atoms with van der Waals surface area (Å²) in [6.07, 6.45) is -0.605. The Kier molecular flexibility index (Phi) is 5.53. The lowest BCUT2D eigenvalue weighted by molar-refractivity contribution is -0.137. The van der Waals surface area contributed by atoms with E-state index in [1.807, 2.05) is 0 Å². The van der Waals surface area contributed by atoms with E-state index >= 15 is 0 Å². The van der Waals surface area contributed by atoms with Crippen molar-refractivity contribution in [1.82, 2.24) is 15.1 Å². The Bertz CT molecular complexity index is 1080. The Morgan fingerprint density at radius 1 is 1.07 bits per heavy atom. The minimum absolute atomic E-state index is 0.0449. The first-order valence-electron chi connectivity index (χ1n) is 8.28. The second kappa shape index (κ2) is 8.05. The summed E-state index contributed by atoms with van der Waals surface area (Å²) in [7, 11) is 0. The van der Waals surface area contributed by atoms with E-state index < -0.39 is 47.7 Å². The third kappa shape index (κ3) is 4.37. The number of benzene rings is 2. The number of nitrogens with zero attached hydrogens (tertiary/aromatic N) is 2. The van der Waals surface area contributed by atoms with Crippen LogP contribution in [0.5, 0.6) is 5.88 Å². The van der Waals surface area contributed by atoms with Crippen molar-refractivity contribution in [1.29, 1.82) is 0 Å². The molecule has 3 N–H and O–H groups in total. The van der Waals surface area contributed by atoms with Crippen molar-refractivity contribution < 1.29 is 33.0 Å². The highest BCUT2D eigenvalue weighted by molar-refractivity contribution is 5.93. The fraction of sp³-hybridized carbons (Fsp3) is 0.105. The predicted octanol–water partition coefficient (Wildman–Crippen LogP) is 2.94. The van der Waals surface area contributed by atoms with Gasteiger partial charge in [0.05, 0.1) is 12.5 Å². The number of carboxylic acids is 1. The van der Waals surface area contributed by atoms with Crippen LogP contribution in [0.2, 0.25) is 0 Å². The Labute approximate surface area is 162 Å². The van der Waals surface area contributed by atoms with Gasteiger partial charge in [0.25, 0.3) is 5.91 Å². The fourth-order valence-electron chi connectivity index (χ4n) is 2.72. The molecule has 0 aliphatic rings. The lowest BCUT2D eigenvalue weighted by Crippen LogP contribution is -2.31. The molecule has 1 aromatic heterocycles. The summed E-state index contributed by atoms with van der Waals surface area (Å²) in [4.78, 5) is 23.6. The number of carbonyl (C=O) groups excluding carboxylic acids is 1. The highest BCUT2D eigenvalue weighted by atomic mass is 19.1. The maximum absolute atomic E-state index is 14.0. The zero-order valence-electron chi connectivity index (χ0n) is 14.6. The molecule has 3 rings (SSSR count). The fourth-order valence-corrected chi connectivity index (χ4v) is 2.72. The van der Waals surface area contributed by atoms with Gasteiger partial charge in [-0.25, -0.2) is 13.2 Å². The van der Waals surface area contributed by atoms with Crippen LogP contribution in [0.3, 0.4) is 0 Å². The minimum atomic E-state index is -1.28. The van der Waals surface area contributed by atoms with Crippen molar-refractivity contribution in [3.63, 3.8) is 0 Å². The first-order chi connectivity index (χ1) is 13.8. The van der Waals surface area contributed by atoms with E-state index in [9.17, 15) is 27.9 Å². The van der Waals surface area contributed by atoms with Crippen LogP contribution in [-0.2, 0) is 4.79 Å². The molecule has 3 aromatic rings. The third-order valence-electron chi connectivity index (χ3n) is 4.03. The topological polar surface area (TPSA) is 104 Å². The SMILES string of the molecule is O=C(O)C[C@H](NC(=O)c1cc(O)n(-c2ccc(F)cc2F)n1)c1ccccc1F. The molecule has 29 heavy (non-hydrogen) atoms. The number of nitrogens with one attached hydrogen (secondary N) is 1. The van der Waals surface area contributed by atoms with Gasteiger partial charge in [0.2, 0.25) is 5.88 Å². The van der Waals surface area contributed by atoms with Crippen molar-refractivity contribution in [2.45, 2.75) is 12.5 Å². The van der Waals surface area contributed by atoms with Crippen LogP contribution in [0.25, 0.3) is 5.69 Å². The molecule has 2 aromatic carbocycles. The monoisotopic (exact) mass is 405 g/mol. The van der Waals surface area contributed by atoms with Crippen molar-refractivity contribution >= 4 is 11.9 Å². The number of aromatic nitrogens is 2. The average molecular weight is 405 g/mol. The molecule has 0 aliphatic heterocycles. The molecule has 0 saturated carbocycles. The summed E-state index contributed by atoms with van der Waals surface area (Å²) >= 11 is 0. The van der Waals surface area contributed by atoms with Crippen molar-refractivity contribution in [2.75, 3.05) is 0 Å². The lowest BCUT2D eigenvalue weighted by Gasteiger charge is -2.17. The van der Waals surface area contributed by atoms with E-state index in [1.54, 1.807) is 0 Å². The van der Waals surface area contributed by atoms with Gasteiger partial charge in [0.1, 0.15) is 17.3 Å². The molecule has 7 nitrogen and oxygen atoms in total. The molecule has 1 heterocycles. The van der Waals surface area contributed by atoms with Gasteiger partial charge in [-0.1, -0.05) is 18.2 Å². The van der Waals surface area contributed by atoms with Crippen LogP contribution in [0.1, 0.15) is 28.5 Å². The van der Waals surface area contributed by atoms with Crippen molar-refractivity contribution in [3.8, 4) is 11.6 Å². The van der Waals surface area contributed by atoms with E-state index in [2.05, 4.69) is 10.4 Å². The van der Waals surface area contributed by atoms with Gasteiger partial charge in [0, 0.05) is 17.7 Å². The quantitative estimate of drug-likeness (QED) is 0.585. The number of carbonyl (C=O) groups is 2. The second-order valence-corrected chi connectivity index (χ2v) is 6.04. The van der Waals surface area contributed by atoms with Gasteiger partial charge in [0.15, 0.2) is 11.5 Å². The van der Waals surface area contributed by atoms with E-state index in [0.29, 0.717) is 10.7 Å². The first kappa shape index (κ1) is 19.9. The van der Waals surface area contributed by atoms with E-state index in [1.165, 1.54) is 18.2 Å². The molecule has 1 amide bonds. The van der Waals surface area contributed by atoms with Crippen LogP contribution in [0, 0.1) is 17.5 Å². The number of aromatic hydroxyl groups is 1. The molecule has 0 aliphatic carbocycles. The van der Waals surface area contributed by atoms with E-state index in [0.717, 1.165) is 24.3 Å². The van der Waals surface area contributed by atoms with Crippen molar-refractivity contribution in [3.05, 3.63) is 77.2 Å². The standard InChI is InChI=1S/C19H14F3N3O4/c20-10-5-6-16(13(22)7-10)25-17(26)8-15(24-25)19(29)23-14(9-18(27)28)11-3-1-2-4-12(11)21/h1-8,14,26H,9H2,(H,23,29)(H,27,28)/t14-/m0/s1. The molecule has 1 atom stereocenters. The van der Waals surface area contributed by atoms with Gasteiger partial charge in [-0.3, -0.25) is 9.59 Å². The van der Waals surface area contributed by atoms with Gasteiger partial charge < -0.3 is 15.5 Å². The molecule has 0 bridgehead atoms. The summed E-state index contributed by atoms with van der Waals surface area (Å²) in [5.41, 5.74) is -0.728. The normalized spacial score (nSPS) is 11.8. The zero-order valence-corrected chi connectivity index (χ0v) is 14.6.